The van der Waals surface area contributed by atoms with Gasteiger partial charge < -0.3 is 24.3 Å². The molecule has 0 amide bonds. The Hall–Kier alpha value is -3.72. The van der Waals surface area contributed by atoms with Crippen molar-refractivity contribution < 1.29 is 19.1 Å². The second-order valence-electron chi connectivity index (χ2n) is 7.49. The minimum absolute atomic E-state index is 0.207. The molecule has 2 atom stereocenters. The third-order valence-electron chi connectivity index (χ3n) is 5.63. The van der Waals surface area contributed by atoms with Gasteiger partial charge in [-0.25, -0.2) is 4.79 Å². The Morgan fingerprint density at radius 1 is 1.06 bits per heavy atom. The third-order valence-corrected chi connectivity index (χ3v) is 5.98. The molecule has 1 aromatic carbocycles. The maximum atomic E-state index is 11.9. The molecule has 0 aliphatic carbocycles. The summed E-state index contributed by atoms with van der Waals surface area (Å²) in [5, 5.41) is 3.93. The molecule has 0 spiro atoms. The number of esters is 2. The Labute approximate surface area is 197 Å². The lowest BCUT2D eigenvalue weighted by Crippen LogP contribution is -2.32. The summed E-state index contributed by atoms with van der Waals surface area (Å²) in [6, 6.07) is 16.5. The Morgan fingerprint density at radius 3 is 2.52 bits per heavy atom. The first kappa shape index (κ1) is 22.5. The summed E-state index contributed by atoms with van der Waals surface area (Å²) in [5.74, 6) is -0.685. The third kappa shape index (κ3) is 4.58. The van der Waals surface area contributed by atoms with E-state index in [1.807, 2.05) is 58.1 Å². The van der Waals surface area contributed by atoms with E-state index >= 15 is 0 Å². The van der Waals surface area contributed by atoms with E-state index < -0.39 is 0 Å². The summed E-state index contributed by atoms with van der Waals surface area (Å²) < 4.78 is 11.7. The summed E-state index contributed by atoms with van der Waals surface area (Å²) in [5.41, 5.74) is 3.17. The fourth-order valence-corrected chi connectivity index (χ4v) is 4.36. The molecule has 1 saturated heterocycles. The van der Waals surface area contributed by atoms with Crippen LogP contribution in [0.3, 0.4) is 0 Å². The Kier molecular flexibility index (Phi) is 6.69. The van der Waals surface area contributed by atoms with Crippen molar-refractivity contribution in [1.29, 1.82) is 0 Å². The maximum absolute atomic E-state index is 11.9. The number of nitrogens with one attached hydrogen (secondary N) is 1. The van der Waals surface area contributed by atoms with Crippen LogP contribution in [0.1, 0.15) is 40.3 Å². The van der Waals surface area contributed by atoms with Gasteiger partial charge in [0.05, 0.1) is 44.0 Å². The number of nitrogens with zero attached hydrogens (tertiary/aromatic N) is 3. The van der Waals surface area contributed by atoms with E-state index in [1.165, 1.54) is 14.2 Å². The van der Waals surface area contributed by atoms with Crippen LogP contribution in [0.5, 0.6) is 0 Å². The molecule has 4 rings (SSSR count). The van der Waals surface area contributed by atoms with Crippen molar-refractivity contribution in [3.8, 4) is 5.69 Å². The largest absolute Gasteiger partial charge is 0.469 e. The molecule has 9 heteroatoms. The van der Waals surface area contributed by atoms with Crippen LogP contribution in [0.2, 0.25) is 0 Å². The lowest BCUT2D eigenvalue weighted by Gasteiger charge is -2.28. The molecule has 0 radical (unpaired) electrons. The predicted octanol–water partition coefficient (Wildman–Crippen LogP) is 3.19. The number of thiocarbonyl (C=S) groups is 1. The van der Waals surface area contributed by atoms with Crippen molar-refractivity contribution >= 4 is 29.3 Å². The normalized spacial score (nSPS) is 17.5. The van der Waals surface area contributed by atoms with Crippen LogP contribution in [-0.4, -0.2) is 52.3 Å². The van der Waals surface area contributed by atoms with Gasteiger partial charge in [-0.15, -0.1) is 0 Å². The molecule has 33 heavy (non-hydrogen) atoms. The first-order valence-corrected chi connectivity index (χ1v) is 10.8. The fourth-order valence-electron chi connectivity index (χ4n) is 4.03. The molecule has 1 fully saturated rings. The van der Waals surface area contributed by atoms with Crippen molar-refractivity contribution in [2.45, 2.75) is 18.5 Å². The molecule has 1 N–H and O–H groups in total. The number of hydrogen-bond acceptors (Lipinski definition) is 6. The van der Waals surface area contributed by atoms with E-state index in [1.54, 1.807) is 18.3 Å². The average molecular weight is 465 g/mol. The van der Waals surface area contributed by atoms with Gasteiger partial charge in [-0.2, -0.15) is 0 Å². The number of hydrogen-bond donors (Lipinski definition) is 1. The smallest absolute Gasteiger partial charge is 0.337 e. The molecule has 3 aromatic rings. The van der Waals surface area contributed by atoms with Gasteiger partial charge in [-0.05, 0) is 60.7 Å². The van der Waals surface area contributed by atoms with Gasteiger partial charge in [-0.3, -0.25) is 9.78 Å². The van der Waals surface area contributed by atoms with E-state index in [4.69, 9.17) is 21.7 Å². The van der Waals surface area contributed by atoms with Crippen LogP contribution in [-0.2, 0) is 14.3 Å². The number of carbonyl (C=O) groups is 2. The average Bonchev–Trinajstić information content (AvgIpc) is 3.46. The first-order valence-electron chi connectivity index (χ1n) is 10.4. The molecule has 8 nitrogen and oxygen atoms in total. The van der Waals surface area contributed by atoms with Crippen molar-refractivity contribution in [3.63, 3.8) is 0 Å². The van der Waals surface area contributed by atoms with E-state index in [2.05, 4.69) is 10.3 Å². The second-order valence-corrected chi connectivity index (χ2v) is 7.87. The molecule has 0 saturated carbocycles. The Balaban J connectivity index is 1.73. The fraction of sp³-hybridized carbons (Fsp3) is 0.250. The highest BCUT2D eigenvalue weighted by molar-refractivity contribution is 7.80. The highest BCUT2D eigenvalue weighted by Crippen LogP contribution is 2.39. The van der Waals surface area contributed by atoms with Gasteiger partial charge in [0.2, 0.25) is 0 Å². The highest BCUT2D eigenvalue weighted by Gasteiger charge is 2.41. The summed E-state index contributed by atoms with van der Waals surface area (Å²) in [4.78, 5) is 30.2. The first-order chi connectivity index (χ1) is 16.0. The molecular formula is C24H24N4O4S. The summed E-state index contributed by atoms with van der Waals surface area (Å²) >= 11 is 5.65. The van der Waals surface area contributed by atoms with E-state index in [9.17, 15) is 9.59 Å². The Morgan fingerprint density at radius 2 is 1.85 bits per heavy atom. The van der Waals surface area contributed by atoms with Crippen LogP contribution < -0.4 is 5.32 Å². The van der Waals surface area contributed by atoms with Gasteiger partial charge in [0.1, 0.15) is 0 Å². The number of carbonyl (C=O) groups excluding carboxylic acids is 2. The standard InChI is InChI=1S/C24H24N4O4S/c1-31-20(29)12-15-28-22(21(26-24(28)33)18-6-3-4-13-25-18)19-7-5-14-27(19)17-10-8-16(9-11-17)23(30)32-2/h3-11,13-14,21-22H,12,15H2,1-2H3,(H,26,33)/t21-,22+/m0/s1. The van der Waals surface area contributed by atoms with Gasteiger partial charge >= 0.3 is 11.9 Å². The number of rotatable bonds is 7. The number of ether oxygens (including phenoxy) is 2. The predicted molar refractivity (Wildman–Crippen MR) is 126 cm³/mol. The van der Waals surface area contributed by atoms with E-state index in [0.29, 0.717) is 17.2 Å². The summed E-state index contributed by atoms with van der Waals surface area (Å²) in [6.45, 7) is 0.402. The molecule has 2 aromatic heterocycles. The minimum Gasteiger partial charge on any atom is -0.469 e. The lowest BCUT2D eigenvalue weighted by molar-refractivity contribution is -0.140. The SMILES string of the molecule is COC(=O)CCN1C(=S)N[C@@H](c2ccccn2)[C@H]1c1cccn1-c1ccc(C(=O)OC)cc1. The molecule has 1 aliphatic heterocycles. The van der Waals surface area contributed by atoms with Gasteiger partial charge in [0.15, 0.2) is 5.11 Å². The zero-order chi connectivity index (χ0) is 23.4. The van der Waals surface area contributed by atoms with E-state index in [-0.39, 0.29) is 30.4 Å². The molecule has 0 unspecified atom stereocenters. The highest BCUT2D eigenvalue weighted by atomic mass is 32.1. The summed E-state index contributed by atoms with van der Waals surface area (Å²) in [7, 11) is 2.73. The van der Waals surface area contributed by atoms with Crippen molar-refractivity contribution in [3.05, 3.63) is 83.9 Å². The lowest BCUT2D eigenvalue weighted by atomic mass is 10.0. The van der Waals surface area contributed by atoms with Crippen LogP contribution in [0.4, 0.5) is 0 Å². The number of aromatic nitrogens is 2. The number of benzene rings is 1. The van der Waals surface area contributed by atoms with Crippen LogP contribution in [0.15, 0.2) is 67.0 Å². The second kappa shape index (κ2) is 9.83. The molecular weight excluding hydrogens is 440 g/mol. The van der Waals surface area contributed by atoms with Gasteiger partial charge in [0.25, 0.3) is 0 Å². The zero-order valence-electron chi connectivity index (χ0n) is 18.3. The van der Waals surface area contributed by atoms with Crippen molar-refractivity contribution in [1.82, 2.24) is 19.8 Å². The van der Waals surface area contributed by atoms with Crippen molar-refractivity contribution in [2.24, 2.45) is 0 Å². The van der Waals surface area contributed by atoms with Crippen molar-refractivity contribution in [2.75, 3.05) is 20.8 Å². The van der Waals surface area contributed by atoms with Gasteiger partial charge in [-0.1, -0.05) is 6.07 Å². The van der Waals surface area contributed by atoms with Crippen LogP contribution in [0.25, 0.3) is 5.69 Å². The maximum Gasteiger partial charge on any atom is 0.337 e. The topological polar surface area (TPSA) is 85.7 Å². The molecule has 1 aliphatic rings. The minimum atomic E-state index is -0.385. The molecule has 3 heterocycles. The van der Waals surface area contributed by atoms with E-state index in [0.717, 1.165) is 17.1 Å². The quantitative estimate of drug-likeness (QED) is 0.422. The van der Waals surface area contributed by atoms with Gasteiger partial charge in [0, 0.05) is 30.3 Å². The number of methoxy groups -OCH3 is 2. The molecule has 0 bridgehead atoms. The molecule has 170 valence electrons. The Bertz CT molecular complexity index is 1150. The summed E-state index contributed by atoms with van der Waals surface area (Å²) in [6.07, 6.45) is 3.91. The van der Waals surface area contributed by atoms with Crippen LogP contribution in [0, 0.1) is 0 Å². The monoisotopic (exact) mass is 464 g/mol. The number of pyridine rings is 1. The van der Waals surface area contributed by atoms with Crippen LogP contribution >= 0.6 is 12.2 Å². The zero-order valence-corrected chi connectivity index (χ0v) is 19.1.